The molecule has 2 aromatic rings. The van der Waals surface area contributed by atoms with Gasteiger partial charge in [0.1, 0.15) is 0 Å². The summed E-state index contributed by atoms with van der Waals surface area (Å²) in [7, 11) is 0. The van der Waals surface area contributed by atoms with E-state index in [9.17, 15) is 0 Å². The van der Waals surface area contributed by atoms with Crippen LogP contribution in [-0.4, -0.2) is 42.7 Å². The fourth-order valence-electron chi connectivity index (χ4n) is 2.92. The molecule has 25 heavy (non-hydrogen) atoms. The molecule has 1 saturated heterocycles. The molecule has 3 rings (SSSR count). The maximum atomic E-state index is 6.02. The summed E-state index contributed by atoms with van der Waals surface area (Å²) >= 11 is 11.6. The van der Waals surface area contributed by atoms with E-state index < -0.39 is 0 Å². The average Bonchev–Trinajstić information content (AvgIpc) is 2.63. The summed E-state index contributed by atoms with van der Waals surface area (Å²) in [5, 5.41) is 4.78. The molecule has 1 aliphatic rings. The number of halogens is 1. The van der Waals surface area contributed by atoms with Crippen LogP contribution in [0.2, 0.25) is 5.02 Å². The van der Waals surface area contributed by atoms with E-state index in [4.69, 9.17) is 23.8 Å². The number of benzene rings is 2. The van der Waals surface area contributed by atoms with Crippen LogP contribution in [0.25, 0.3) is 6.08 Å². The Balaban J connectivity index is 1.43. The van der Waals surface area contributed by atoms with Gasteiger partial charge >= 0.3 is 0 Å². The minimum Gasteiger partial charge on any atom is -0.338 e. The fraction of sp³-hybridized carbons (Fsp3) is 0.250. The van der Waals surface area contributed by atoms with Crippen molar-refractivity contribution in [2.24, 2.45) is 0 Å². The molecule has 5 heteroatoms. The number of anilines is 1. The SMILES string of the molecule is S=C(Nc1cccc(Cl)c1)N1CC[NH+](C/C=C/c2ccccc2)CC1. The quantitative estimate of drug-likeness (QED) is 0.805. The number of nitrogens with one attached hydrogen (secondary N) is 2. The van der Waals surface area contributed by atoms with Gasteiger partial charge < -0.3 is 15.1 Å². The van der Waals surface area contributed by atoms with E-state index in [2.05, 4.69) is 46.6 Å². The van der Waals surface area contributed by atoms with E-state index in [0.717, 1.165) is 43.5 Å². The molecule has 0 saturated carbocycles. The van der Waals surface area contributed by atoms with E-state index in [1.165, 1.54) is 5.56 Å². The maximum absolute atomic E-state index is 6.02. The average molecular weight is 373 g/mol. The van der Waals surface area contributed by atoms with Gasteiger partial charge in [-0.25, -0.2) is 0 Å². The van der Waals surface area contributed by atoms with Crippen molar-refractivity contribution in [2.45, 2.75) is 0 Å². The van der Waals surface area contributed by atoms with Crippen molar-refractivity contribution in [3.63, 3.8) is 0 Å². The first-order chi connectivity index (χ1) is 12.2. The van der Waals surface area contributed by atoms with E-state index in [-0.39, 0.29) is 0 Å². The summed E-state index contributed by atoms with van der Waals surface area (Å²) in [5.41, 5.74) is 2.20. The molecule has 1 heterocycles. The van der Waals surface area contributed by atoms with Crippen LogP contribution in [0.4, 0.5) is 5.69 Å². The second-order valence-electron chi connectivity index (χ2n) is 6.19. The van der Waals surface area contributed by atoms with Crippen LogP contribution in [0.3, 0.4) is 0 Å². The van der Waals surface area contributed by atoms with Gasteiger partial charge in [-0.3, -0.25) is 0 Å². The number of thiocarbonyl (C=S) groups is 1. The fourth-order valence-corrected chi connectivity index (χ4v) is 3.42. The molecule has 2 aromatic carbocycles. The Hall–Kier alpha value is -1.88. The highest BCUT2D eigenvalue weighted by atomic mass is 35.5. The lowest BCUT2D eigenvalue weighted by Crippen LogP contribution is -3.14. The van der Waals surface area contributed by atoms with Crippen molar-refractivity contribution in [1.82, 2.24) is 4.90 Å². The van der Waals surface area contributed by atoms with Gasteiger partial charge in [-0.15, -0.1) is 0 Å². The van der Waals surface area contributed by atoms with Crippen LogP contribution in [0.5, 0.6) is 0 Å². The van der Waals surface area contributed by atoms with Gasteiger partial charge in [-0.05, 0) is 42.1 Å². The summed E-state index contributed by atoms with van der Waals surface area (Å²) < 4.78 is 0. The zero-order chi connectivity index (χ0) is 17.5. The summed E-state index contributed by atoms with van der Waals surface area (Å²) in [5.74, 6) is 0. The smallest absolute Gasteiger partial charge is 0.173 e. The van der Waals surface area contributed by atoms with Gasteiger partial charge in [0.05, 0.1) is 32.7 Å². The molecule has 0 aliphatic carbocycles. The van der Waals surface area contributed by atoms with E-state index in [1.807, 2.05) is 30.3 Å². The molecule has 0 aromatic heterocycles. The molecular weight excluding hydrogens is 350 g/mol. The van der Waals surface area contributed by atoms with Crippen LogP contribution in [0.1, 0.15) is 5.56 Å². The minimum absolute atomic E-state index is 0.715. The summed E-state index contributed by atoms with van der Waals surface area (Å²) in [6.07, 6.45) is 4.47. The largest absolute Gasteiger partial charge is 0.338 e. The van der Waals surface area contributed by atoms with Crippen molar-refractivity contribution in [1.29, 1.82) is 0 Å². The van der Waals surface area contributed by atoms with Crippen LogP contribution in [-0.2, 0) is 0 Å². The highest BCUT2D eigenvalue weighted by molar-refractivity contribution is 7.80. The van der Waals surface area contributed by atoms with E-state index >= 15 is 0 Å². The Bertz CT molecular complexity index is 725. The standard InChI is InChI=1S/C20H22ClN3S/c21-18-9-4-10-19(16-18)22-20(25)24-14-12-23(13-15-24)11-5-8-17-6-2-1-3-7-17/h1-10,16H,11-15H2,(H,22,25)/p+1/b8-5+. The molecule has 3 nitrogen and oxygen atoms in total. The first kappa shape index (κ1) is 17.9. The lowest BCUT2D eigenvalue weighted by Gasteiger charge is -2.33. The Morgan fingerprint density at radius 2 is 1.88 bits per heavy atom. The van der Waals surface area contributed by atoms with Crippen molar-refractivity contribution >= 4 is 40.7 Å². The van der Waals surface area contributed by atoms with E-state index in [1.54, 1.807) is 4.90 Å². The van der Waals surface area contributed by atoms with Crippen molar-refractivity contribution in [3.8, 4) is 0 Å². The Labute approximate surface area is 159 Å². The first-order valence-electron chi connectivity index (χ1n) is 8.57. The van der Waals surface area contributed by atoms with Gasteiger partial charge in [0, 0.05) is 10.7 Å². The van der Waals surface area contributed by atoms with Gasteiger partial charge in [0.15, 0.2) is 5.11 Å². The van der Waals surface area contributed by atoms with Gasteiger partial charge in [-0.2, -0.15) is 0 Å². The predicted molar refractivity (Wildman–Crippen MR) is 110 cm³/mol. The van der Waals surface area contributed by atoms with Crippen molar-refractivity contribution in [3.05, 3.63) is 71.3 Å². The van der Waals surface area contributed by atoms with Gasteiger partial charge in [0.25, 0.3) is 0 Å². The number of hydrogen-bond acceptors (Lipinski definition) is 1. The molecule has 2 N–H and O–H groups in total. The summed E-state index contributed by atoms with van der Waals surface area (Å²) in [4.78, 5) is 3.83. The number of hydrogen-bond donors (Lipinski definition) is 2. The van der Waals surface area contributed by atoms with E-state index in [0.29, 0.717) is 5.02 Å². The Kier molecular flexibility index (Phi) is 6.45. The first-order valence-corrected chi connectivity index (χ1v) is 9.36. The number of quaternary nitrogens is 1. The number of rotatable bonds is 4. The van der Waals surface area contributed by atoms with Crippen LogP contribution in [0, 0.1) is 0 Å². The molecule has 1 fully saturated rings. The van der Waals surface area contributed by atoms with Crippen LogP contribution in [0.15, 0.2) is 60.7 Å². The normalized spacial score (nSPS) is 15.5. The molecule has 130 valence electrons. The molecule has 0 unspecified atom stereocenters. The zero-order valence-corrected chi connectivity index (χ0v) is 15.7. The van der Waals surface area contributed by atoms with Crippen molar-refractivity contribution < 1.29 is 4.90 Å². The van der Waals surface area contributed by atoms with Gasteiger partial charge in [0.2, 0.25) is 0 Å². The number of nitrogens with zero attached hydrogens (tertiary/aromatic N) is 1. The molecule has 0 radical (unpaired) electrons. The molecule has 1 aliphatic heterocycles. The predicted octanol–water partition coefficient (Wildman–Crippen LogP) is 2.95. The number of piperazine rings is 1. The lowest BCUT2D eigenvalue weighted by molar-refractivity contribution is -0.897. The van der Waals surface area contributed by atoms with Crippen LogP contribution < -0.4 is 10.2 Å². The third-order valence-electron chi connectivity index (χ3n) is 4.35. The Morgan fingerprint density at radius 1 is 1.12 bits per heavy atom. The minimum atomic E-state index is 0.715. The second-order valence-corrected chi connectivity index (χ2v) is 7.02. The van der Waals surface area contributed by atoms with Gasteiger partial charge in [-0.1, -0.05) is 54.1 Å². The monoisotopic (exact) mass is 372 g/mol. The molecular formula is C20H23ClN3S+. The maximum Gasteiger partial charge on any atom is 0.173 e. The topological polar surface area (TPSA) is 19.7 Å². The molecule has 0 atom stereocenters. The molecule has 0 bridgehead atoms. The molecule has 0 spiro atoms. The lowest BCUT2D eigenvalue weighted by atomic mass is 10.2. The Morgan fingerprint density at radius 3 is 2.60 bits per heavy atom. The molecule has 0 amide bonds. The van der Waals surface area contributed by atoms with Crippen molar-refractivity contribution in [2.75, 3.05) is 38.0 Å². The zero-order valence-electron chi connectivity index (χ0n) is 14.1. The summed E-state index contributed by atoms with van der Waals surface area (Å²) in [6.45, 7) is 5.19. The third kappa shape index (κ3) is 5.56. The second kappa shape index (κ2) is 8.99. The third-order valence-corrected chi connectivity index (χ3v) is 4.95. The highest BCUT2D eigenvalue weighted by Crippen LogP contribution is 2.15. The summed E-state index contributed by atoms with van der Waals surface area (Å²) in [6, 6.07) is 18.1. The van der Waals surface area contributed by atoms with Crippen LogP contribution >= 0.6 is 23.8 Å². The highest BCUT2D eigenvalue weighted by Gasteiger charge is 2.20.